The van der Waals surface area contributed by atoms with Crippen molar-refractivity contribution in [3.05, 3.63) is 23.4 Å². The number of hydrogen-bond donors (Lipinski definition) is 1. The maximum absolute atomic E-state index is 4.74. The molecule has 2 heterocycles. The highest BCUT2D eigenvalue weighted by atomic mass is 15.2. The Balaban J connectivity index is 1.95. The van der Waals surface area contributed by atoms with Gasteiger partial charge >= 0.3 is 0 Å². The van der Waals surface area contributed by atoms with Crippen LogP contribution in [-0.4, -0.2) is 24.1 Å². The highest BCUT2D eigenvalue weighted by Crippen LogP contribution is 2.26. The first-order valence-electron chi connectivity index (χ1n) is 8.54. The van der Waals surface area contributed by atoms with E-state index in [1.165, 1.54) is 55.7 Å². The molecule has 1 aromatic rings. The van der Waals surface area contributed by atoms with Crippen LogP contribution < -0.4 is 10.2 Å². The molecule has 1 saturated heterocycles. The van der Waals surface area contributed by atoms with Crippen LogP contribution in [0.5, 0.6) is 0 Å². The van der Waals surface area contributed by atoms with Crippen LogP contribution in [0.1, 0.15) is 57.6 Å². The molecule has 118 valence electrons. The van der Waals surface area contributed by atoms with Crippen LogP contribution in [0.4, 0.5) is 5.82 Å². The smallest absolute Gasteiger partial charge is 0.131 e. The zero-order chi connectivity index (χ0) is 15.2. The number of piperidine rings is 1. The average molecular weight is 289 g/mol. The van der Waals surface area contributed by atoms with E-state index in [1.807, 2.05) is 6.20 Å². The lowest BCUT2D eigenvalue weighted by atomic mass is 9.92. The third kappa shape index (κ3) is 4.70. The van der Waals surface area contributed by atoms with E-state index >= 15 is 0 Å². The molecule has 2 rings (SSSR count). The predicted molar refractivity (Wildman–Crippen MR) is 90.8 cm³/mol. The maximum atomic E-state index is 4.74. The second kappa shape index (κ2) is 7.79. The van der Waals surface area contributed by atoms with Crippen molar-refractivity contribution in [3.63, 3.8) is 0 Å². The zero-order valence-electron chi connectivity index (χ0n) is 14.2. The lowest BCUT2D eigenvalue weighted by Gasteiger charge is -2.33. The van der Waals surface area contributed by atoms with E-state index < -0.39 is 0 Å². The Morgan fingerprint density at radius 1 is 1.33 bits per heavy atom. The Morgan fingerprint density at radius 2 is 2.05 bits per heavy atom. The summed E-state index contributed by atoms with van der Waals surface area (Å²) in [5.41, 5.74) is 2.60. The summed E-state index contributed by atoms with van der Waals surface area (Å²) in [6.45, 7) is 12.1. The van der Waals surface area contributed by atoms with Crippen molar-refractivity contribution in [3.8, 4) is 0 Å². The van der Waals surface area contributed by atoms with Gasteiger partial charge in [0.2, 0.25) is 0 Å². The summed E-state index contributed by atoms with van der Waals surface area (Å²) in [5.74, 6) is 2.12. The molecule has 0 unspecified atom stereocenters. The summed E-state index contributed by atoms with van der Waals surface area (Å²) in [7, 11) is 0. The maximum Gasteiger partial charge on any atom is 0.131 e. The molecule has 0 saturated carbocycles. The number of nitrogens with zero attached hydrogens (tertiary/aromatic N) is 2. The van der Waals surface area contributed by atoms with Gasteiger partial charge in [0.15, 0.2) is 0 Å². The fraction of sp³-hybridized carbons (Fsp3) is 0.722. The molecule has 1 N–H and O–H groups in total. The van der Waals surface area contributed by atoms with E-state index in [2.05, 4.69) is 44.0 Å². The molecule has 1 aliphatic rings. The monoisotopic (exact) mass is 289 g/mol. The van der Waals surface area contributed by atoms with E-state index in [-0.39, 0.29) is 0 Å². The fourth-order valence-corrected chi connectivity index (χ4v) is 3.22. The van der Waals surface area contributed by atoms with Gasteiger partial charge in [-0.1, -0.05) is 33.6 Å². The topological polar surface area (TPSA) is 28.2 Å². The van der Waals surface area contributed by atoms with Crippen LogP contribution in [0.25, 0.3) is 0 Å². The number of nitrogens with one attached hydrogen (secondary N) is 1. The van der Waals surface area contributed by atoms with Crippen molar-refractivity contribution in [1.29, 1.82) is 0 Å². The average Bonchev–Trinajstić information content (AvgIpc) is 2.47. The van der Waals surface area contributed by atoms with Gasteiger partial charge in [-0.3, -0.25) is 0 Å². The first kappa shape index (κ1) is 16.3. The molecule has 0 aromatic carbocycles. The van der Waals surface area contributed by atoms with Gasteiger partial charge in [0.1, 0.15) is 5.82 Å². The normalized spacial score (nSPS) is 16.7. The SMILES string of the molecule is CCCC1CCN(c2ncc(CNC(C)C)cc2C)CC1. The van der Waals surface area contributed by atoms with Crippen LogP contribution in [0, 0.1) is 12.8 Å². The van der Waals surface area contributed by atoms with Gasteiger partial charge in [0.25, 0.3) is 0 Å². The lowest BCUT2D eigenvalue weighted by molar-refractivity contribution is 0.377. The molecule has 0 aliphatic carbocycles. The summed E-state index contributed by atoms with van der Waals surface area (Å²) >= 11 is 0. The number of pyridine rings is 1. The van der Waals surface area contributed by atoms with E-state index in [0.717, 1.165) is 12.5 Å². The number of aryl methyl sites for hydroxylation is 1. The highest BCUT2D eigenvalue weighted by molar-refractivity contribution is 5.47. The first-order valence-corrected chi connectivity index (χ1v) is 8.54. The van der Waals surface area contributed by atoms with Crippen LogP contribution in [-0.2, 0) is 6.54 Å². The Bertz CT molecular complexity index is 434. The van der Waals surface area contributed by atoms with Crippen molar-refractivity contribution in [2.24, 2.45) is 5.92 Å². The quantitative estimate of drug-likeness (QED) is 0.860. The molecule has 0 radical (unpaired) electrons. The van der Waals surface area contributed by atoms with Crippen molar-refractivity contribution in [2.75, 3.05) is 18.0 Å². The standard InChI is InChI=1S/C18H31N3/c1-5-6-16-7-9-21(10-8-16)18-15(4)11-17(13-20-18)12-19-14(2)3/h11,13-14,16,19H,5-10,12H2,1-4H3. The molecular formula is C18H31N3. The van der Waals surface area contributed by atoms with Crippen LogP contribution in [0.3, 0.4) is 0 Å². The Morgan fingerprint density at radius 3 is 2.62 bits per heavy atom. The summed E-state index contributed by atoms with van der Waals surface area (Å²) in [5, 5.41) is 3.45. The molecule has 1 aromatic heterocycles. The van der Waals surface area contributed by atoms with Crippen molar-refractivity contribution >= 4 is 5.82 Å². The Kier molecular flexibility index (Phi) is 6.04. The van der Waals surface area contributed by atoms with Crippen molar-refractivity contribution in [2.45, 2.75) is 66.0 Å². The van der Waals surface area contributed by atoms with Gasteiger partial charge in [0, 0.05) is 31.9 Å². The second-order valence-electron chi connectivity index (χ2n) is 6.74. The molecule has 1 fully saturated rings. The number of rotatable bonds is 6. The van der Waals surface area contributed by atoms with Crippen molar-refractivity contribution < 1.29 is 0 Å². The molecule has 3 nitrogen and oxygen atoms in total. The highest BCUT2D eigenvalue weighted by Gasteiger charge is 2.20. The summed E-state index contributed by atoms with van der Waals surface area (Å²) in [6.07, 6.45) is 7.40. The van der Waals surface area contributed by atoms with Crippen LogP contribution in [0.15, 0.2) is 12.3 Å². The molecular weight excluding hydrogens is 258 g/mol. The minimum Gasteiger partial charge on any atom is -0.356 e. The Hall–Kier alpha value is -1.09. The predicted octanol–water partition coefficient (Wildman–Crippen LogP) is 3.90. The first-order chi connectivity index (χ1) is 10.1. The van der Waals surface area contributed by atoms with Gasteiger partial charge < -0.3 is 10.2 Å². The van der Waals surface area contributed by atoms with E-state index in [4.69, 9.17) is 4.98 Å². The molecule has 0 bridgehead atoms. The van der Waals surface area contributed by atoms with Crippen LogP contribution >= 0.6 is 0 Å². The van der Waals surface area contributed by atoms with E-state index in [1.54, 1.807) is 0 Å². The van der Waals surface area contributed by atoms with Crippen LogP contribution in [0.2, 0.25) is 0 Å². The van der Waals surface area contributed by atoms with Gasteiger partial charge in [-0.25, -0.2) is 4.98 Å². The molecule has 21 heavy (non-hydrogen) atoms. The third-order valence-corrected chi connectivity index (χ3v) is 4.43. The molecule has 0 atom stereocenters. The van der Waals surface area contributed by atoms with E-state index in [0.29, 0.717) is 6.04 Å². The molecule has 0 spiro atoms. The van der Waals surface area contributed by atoms with E-state index in [9.17, 15) is 0 Å². The Labute approximate surface area is 130 Å². The summed E-state index contributed by atoms with van der Waals surface area (Å²) < 4.78 is 0. The van der Waals surface area contributed by atoms with Gasteiger partial charge in [-0.15, -0.1) is 0 Å². The number of aromatic nitrogens is 1. The number of anilines is 1. The molecule has 1 aliphatic heterocycles. The van der Waals surface area contributed by atoms with Gasteiger partial charge in [0.05, 0.1) is 0 Å². The van der Waals surface area contributed by atoms with Gasteiger partial charge in [-0.2, -0.15) is 0 Å². The fourth-order valence-electron chi connectivity index (χ4n) is 3.22. The number of hydrogen-bond acceptors (Lipinski definition) is 3. The third-order valence-electron chi connectivity index (χ3n) is 4.43. The summed E-state index contributed by atoms with van der Waals surface area (Å²) in [4.78, 5) is 7.21. The molecule has 3 heteroatoms. The summed E-state index contributed by atoms with van der Waals surface area (Å²) in [6, 6.07) is 2.80. The largest absolute Gasteiger partial charge is 0.356 e. The second-order valence-corrected chi connectivity index (χ2v) is 6.74. The molecule has 0 amide bonds. The minimum absolute atomic E-state index is 0.516. The lowest BCUT2D eigenvalue weighted by Crippen LogP contribution is -2.34. The minimum atomic E-state index is 0.516. The van der Waals surface area contributed by atoms with Crippen molar-refractivity contribution in [1.82, 2.24) is 10.3 Å². The zero-order valence-corrected chi connectivity index (χ0v) is 14.2. The van der Waals surface area contributed by atoms with Gasteiger partial charge in [-0.05, 0) is 42.9 Å².